The summed E-state index contributed by atoms with van der Waals surface area (Å²) in [5.41, 5.74) is 5.74. The minimum atomic E-state index is 0.596. The molecule has 3 heterocycles. The van der Waals surface area contributed by atoms with Gasteiger partial charge in [-0.15, -0.1) is 0 Å². The predicted molar refractivity (Wildman–Crippen MR) is 154 cm³/mol. The van der Waals surface area contributed by atoms with Crippen LogP contribution >= 0.6 is 0 Å². The molecule has 0 saturated carbocycles. The van der Waals surface area contributed by atoms with E-state index in [1.807, 2.05) is 72.8 Å². The molecule has 0 spiro atoms. The Kier molecular flexibility index (Phi) is 4.76. The fourth-order valence-corrected chi connectivity index (χ4v) is 5.25. The van der Waals surface area contributed by atoms with E-state index in [9.17, 15) is 0 Å². The zero-order chi connectivity index (χ0) is 25.8. The van der Waals surface area contributed by atoms with Crippen LogP contribution in [0, 0.1) is 0 Å². The molecule has 0 amide bonds. The molecular formula is C34H21N3O2. The van der Waals surface area contributed by atoms with E-state index in [1.165, 1.54) is 0 Å². The summed E-state index contributed by atoms with van der Waals surface area (Å²) in [6.07, 6.45) is 0. The Morgan fingerprint density at radius 3 is 1.62 bits per heavy atom. The zero-order valence-electron chi connectivity index (χ0n) is 20.8. The standard InChI is InChI=1S/C34H21N3O2/c1-3-11-22(12-4-1)26-20-27(23-13-5-2-6-14-23)36-34(35-26)37-28-16-8-7-15-24(28)25-19-32-33(21-29(25)37)39-31-18-10-9-17-30(31)38-32/h1-21H. The van der Waals surface area contributed by atoms with Crippen molar-refractivity contribution in [3.05, 3.63) is 127 Å². The van der Waals surface area contributed by atoms with Crippen molar-refractivity contribution in [2.75, 3.05) is 0 Å². The van der Waals surface area contributed by atoms with Crippen molar-refractivity contribution in [3.63, 3.8) is 0 Å². The minimum absolute atomic E-state index is 0.596. The van der Waals surface area contributed by atoms with E-state index in [0.717, 1.165) is 44.3 Å². The highest BCUT2D eigenvalue weighted by atomic mass is 16.6. The summed E-state index contributed by atoms with van der Waals surface area (Å²) in [6, 6.07) is 42.6. The number of nitrogens with zero attached hydrogens (tertiary/aromatic N) is 3. The molecule has 5 aromatic carbocycles. The van der Waals surface area contributed by atoms with Crippen molar-refractivity contribution in [1.82, 2.24) is 14.5 Å². The molecule has 0 unspecified atom stereocenters. The van der Waals surface area contributed by atoms with Crippen molar-refractivity contribution < 1.29 is 9.47 Å². The Morgan fingerprint density at radius 2 is 0.974 bits per heavy atom. The summed E-state index contributed by atoms with van der Waals surface area (Å²) in [4.78, 5) is 10.2. The van der Waals surface area contributed by atoms with Crippen LogP contribution in [0.4, 0.5) is 0 Å². The maximum absolute atomic E-state index is 6.28. The molecule has 7 aromatic rings. The lowest BCUT2D eigenvalue weighted by Crippen LogP contribution is -2.04. The van der Waals surface area contributed by atoms with Gasteiger partial charge in [0.25, 0.3) is 0 Å². The first-order valence-electron chi connectivity index (χ1n) is 12.8. The van der Waals surface area contributed by atoms with Crippen molar-refractivity contribution in [2.24, 2.45) is 0 Å². The van der Waals surface area contributed by atoms with Crippen LogP contribution in [0.3, 0.4) is 0 Å². The number of aromatic nitrogens is 3. The number of hydrogen-bond donors (Lipinski definition) is 0. The van der Waals surface area contributed by atoms with E-state index in [0.29, 0.717) is 28.9 Å². The Labute approximate surface area is 224 Å². The van der Waals surface area contributed by atoms with Crippen molar-refractivity contribution >= 4 is 21.8 Å². The molecule has 2 aromatic heterocycles. The molecule has 1 aliphatic rings. The van der Waals surface area contributed by atoms with Crippen LogP contribution in [0.25, 0.3) is 50.3 Å². The van der Waals surface area contributed by atoms with Crippen LogP contribution in [0.1, 0.15) is 0 Å². The molecule has 0 aliphatic carbocycles. The smallest absolute Gasteiger partial charge is 0.235 e. The molecule has 39 heavy (non-hydrogen) atoms. The molecule has 0 bridgehead atoms. The van der Waals surface area contributed by atoms with E-state index < -0.39 is 0 Å². The van der Waals surface area contributed by atoms with Gasteiger partial charge in [-0.1, -0.05) is 91.0 Å². The molecule has 0 saturated heterocycles. The lowest BCUT2D eigenvalue weighted by atomic mass is 10.1. The fraction of sp³-hybridized carbons (Fsp3) is 0. The summed E-state index contributed by atoms with van der Waals surface area (Å²) < 4.78 is 14.6. The van der Waals surface area contributed by atoms with Gasteiger partial charge in [-0.2, -0.15) is 0 Å². The summed E-state index contributed by atoms with van der Waals surface area (Å²) in [5.74, 6) is 3.35. The Balaban J connectivity index is 1.41. The van der Waals surface area contributed by atoms with Crippen LogP contribution in [0.5, 0.6) is 23.0 Å². The number of ether oxygens (including phenoxy) is 2. The lowest BCUT2D eigenvalue weighted by Gasteiger charge is -2.20. The van der Waals surface area contributed by atoms with Gasteiger partial charge in [-0.25, -0.2) is 9.97 Å². The van der Waals surface area contributed by atoms with Gasteiger partial charge < -0.3 is 9.47 Å². The number of para-hydroxylation sites is 3. The van der Waals surface area contributed by atoms with Crippen molar-refractivity contribution in [1.29, 1.82) is 0 Å². The van der Waals surface area contributed by atoms with Gasteiger partial charge in [0.05, 0.1) is 22.4 Å². The number of hydrogen-bond acceptors (Lipinski definition) is 4. The van der Waals surface area contributed by atoms with E-state index in [-0.39, 0.29) is 0 Å². The topological polar surface area (TPSA) is 49.2 Å². The molecule has 5 heteroatoms. The van der Waals surface area contributed by atoms with Gasteiger partial charge in [0.2, 0.25) is 5.95 Å². The summed E-state index contributed by atoms with van der Waals surface area (Å²) in [6.45, 7) is 0. The van der Waals surface area contributed by atoms with Crippen LogP contribution in [0.15, 0.2) is 127 Å². The van der Waals surface area contributed by atoms with Gasteiger partial charge in [0, 0.05) is 28.0 Å². The summed E-state index contributed by atoms with van der Waals surface area (Å²) in [5, 5.41) is 2.13. The molecule has 0 fully saturated rings. The van der Waals surface area contributed by atoms with E-state index in [1.54, 1.807) is 0 Å². The second kappa shape index (κ2) is 8.57. The van der Waals surface area contributed by atoms with Gasteiger partial charge in [-0.3, -0.25) is 4.57 Å². The van der Waals surface area contributed by atoms with Crippen LogP contribution in [0.2, 0.25) is 0 Å². The highest BCUT2D eigenvalue weighted by Gasteiger charge is 2.23. The molecule has 5 nitrogen and oxygen atoms in total. The quantitative estimate of drug-likeness (QED) is 0.242. The maximum atomic E-state index is 6.28. The Hall–Kier alpha value is -5.42. The first kappa shape index (κ1) is 21.6. The van der Waals surface area contributed by atoms with E-state index in [4.69, 9.17) is 19.4 Å². The minimum Gasteiger partial charge on any atom is -0.449 e. The average molecular weight is 504 g/mol. The van der Waals surface area contributed by atoms with Crippen LogP contribution in [-0.2, 0) is 0 Å². The van der Waals surface area contributed by atoms with E-state index in [2.05, 4.69) is 59.2 Å². The van der Waals surface area contributed by atoms with Crippen molar-refractivity contribution in [3.8, 4) is 51.5 Å². The normalized spacial score (nSPS) is 12.0. The number of fused-ring (bicyclic) bond motifs is 5. The van der Waals surface area contributed by atoms with Crippen LogP contribution < -0.4 is 9.47 Å². The third kappa shape index (κ3) is 3.55. The Bertz CT molecular complexity index is 1960. The molecule has 8 rings (SSSR count). The SMILES string of the molecule is c1ccc(-c2cc(-c3ccccc3)nc(-n3c4ccccc4c4cc5c(cc43)Oc3ccccc3O5)n2)cc1. The molecule has 0 N–H and O–H groups in total. The summed E-state index contributed by atoms with van der Waals surface area (Å²) >= 11 is 0. The van der Waals surface area contributed by atoms with Crippen molar-refractivity contribution in [2.45, 2.75) is 0 Å². The first-order valence-corrected chi connectivity index (χ1v) is 12.8. The van der Waals surface area contributed by atoms with Gasteiger partial charge in [0.15, 0.2) is 23.0 Å². The molecule has 0 atom stereocenters. The molecule has 1 aliphatic heterocycles. The monoisotopic (exact) mass is 503 g/mol. The maximum Gasteiger partial charge on any atom is 0.235 e. The number of benzene rings is 5. The highest BCUT2D eigenvalue weighted by molar-refractivity contribution is 6.10. The predicted octanol–water partition coefficient (Wildman–Crippen LogP) is 8.81. The fourth-order valence-electron chi connectivity index (χ4n) is 5.25. The molecule has 184 valence electrons. The van der Waals surface area contributed by atoms with Gasteiger partial charge in [0.1, 0.15) is 0 Å². The average Bonchev–Trinajstić information content (AvgIpc) is 3.32. The third-order valence-electron chi connectivity index (χ3n) is 7.08. The first-order chi connectivity index (χ1) is 19.3. The van der Waals surface area contributed by atoms with Gasteiger partial charge in [-0.05, 0) is 30.3 Å². The highest BCUT2D eigenvalue weighted by Crippen LogP contribution is 2.48. The molecule has 0 radical (unpaired) electrons. The van der Waals surface area contributed by atoms with Gasteiger partial charge >= 0.3 is 0 Å². The number of rotatable bonds is 3. The zero-order valence-corrected chi connectivity index (χ0v) is 20.8. The Morgan fingerprint density at radius 1 is 0.436 bits per heavy atom. The molecular weight excluding hydrogens is 482 g/mol. The largest absolute Gasteiger partial charge is 0.449 e. The second-order valence-corrected chi connectivity index (χ2v) is 9.49. The summed E-state index contributed by atoms with van der Waals surface area (Å²) in [7, 11) is 0. The third-order valence-corrected chi connectivity index (χ3v) is 7.08. The van der Waals surface area contributed by atoms with E-state index >= 15 is 0 Å². The lowest BCUT2D eigenvalue weighted by molar-refractivity contribution is 0.360. The second-order valence-electron chi connectivity index (χ2n) is 9.49. The van der Waals surface area contributed by atoms with Crippen LogP contribution in [-0.4, -0.2) is 14.5 Å².